The van der Waals surface area contributed by atoms with Crippen LogP contribution in [0.15, 0.2) is 0 Å². The molecule has 1 aliphatic rings. The first-order valence-electron chi connectivity index (χ1n) is 6.21. The second-order valence-corrected chi connectivity index (χ2v) is 6.17. The Morgan fingerprint density at radius 3 is 2.82 bits per heavy atom. The maximum atomic E-state index is 11.3. The molecule has 5 heteroatoms. The summed E-state index contributed by atoms with van der Waals surface area (Å²) in [5.74, 6) is 0.783. The number of hydrogen-bond donors (Lipinski definition) is 2. The Balaban J connectivity index is 2.21. The largest absolute Gasteiger partial charge is 0.377 e. The van der Waals surface area contributed by atoms with E-state index in [1.165, 1.54) is 0 Å². The first-order chi connectivity index (χ1) is 7.99. The molecule has 100 valence electrons. The fourth-order valence-electron chi connectivity index (χ4n) is 1.96. The second-order valence-electron chi connectivity index (χ2n) is 4.82. The van der Waals surface area contributed by atoms with E-state index in [0.717, 1.165) is 31.6 Å². The third-order valence-electron chi connectivity index (χ3n) is 3.56. The van der Waals surface area contributed by atoms with Gasteiger partial charge in [0.05, 0.1) is 11.6 Å². The lowest BCUT2D eigenvalue weighted by molar-refractivity contribution is -0.123. The minimum Gasteiger partial charge on any atom is -0.377 e. The Morgan fingerprint density at radius 2 is 2.35 bits per heavy atom. The molecule has 0 aromatic rings. The van der Waals surface area contributed by atoms with Crippen molar-refractivity contribution in [1.29, 1.82) is 0 Å². The lowest BCUT2D eigenvalue weighted by Gasteiger charge is -2.25. The Bertz CT molecular complexity index is 263. The molecule has 0 radical (unpaired) electrons. The molecule has 0 aromatic heterocycles. The highest BCUT2D eigenvalue weighted by Gasteiger charge is 2.29. The quantitative estimate of drug-likeness (QED) is 0.674. The van der Waals surface area contributed by atoms with Crippen LogP contribution in [0.5, 0.6) is 0 Å². The van der Waals surface area contributed by atoms with Crippen LogP contribution < -0.4 is 11.1 Å². The van der Waals surface area contributed by atoms with E-state index in [1.807, 2.05) is 18.7 Å². The first kappa shape index (κ1) is 14.8. The zero-order valence-corrected chi connectivity index (χ0v) is 11.8. The molecule has 1 amide bonds. The van der Waals surface area contributed by atoms with Crippen molar-refractivity contribution in [2.75, 3.05) is 19.4 Å². The predicted molar refractivity (Wildman–Crippen MR) is 72.2 cm³/mol. The van der Waals surface area contributed by atoms with Gasteiger partial charge in [-0.05, 0) is 45.9 Å². The Kier molecular flexibility index (Phi) is 5.76. The number of likely N-dealkylation sites (N-methyl/N-ethyl adjacent to an activating group) is 1. The number of rotatable bonds is 7. The van der Waals surface area contributed by atoms with Gasteiger partial charge >= 0.3 is 0 Å². The topological polar surface area (TPSA) is 64.3 Å². The van der Waals surface area contributed by atoms with Crippen molar-refractivity contribution in [1.82, 2.24) is 5.32 Å². The van der Waals surface area contributed by atoms with Crippen LogP contribution in [0.4, 0.5) is 0 Å². The predicted octanol–water partition coefficient (Wildman–Crippen LogP) is 1.14. The molecule has 1 aliphatic heterocycles. The summed E-state index contributed by atoms with van der Waals surface area (Å²) >= 11 is 1.95. The van der Waals surface area contributed by atoms with Crippen LogP contribution >= 0.6 is 11.8 Å². The first-order valence-corrected chi connectivity index (χ1v) is 7.26. The maximum absolute atomic E-state index is 11.3. The molecule has 4 nitrogen and oxygen atoms in total. The van der Waals surface area contributed by atoms with Gasteiger partial charge in [0.15, 0.2) is 0 Å². The Labute approximate surface area is 108 Å². The summed E-state index contributed by atoms with van der Waals surface area (Å²) in [7, 11) is 1.78. The molecule has 1 heterocycles. The maximum Gasteiger partial charge on any atom is 0.237 e. The van der Waals surface area contributed by atoms with Gasteiger partial charge in [-0.25, -0.2) is 0 Å². The molecule has 3 unspecified atom stereocenters. The van der Waals surface area contributed by atoms with Gasteiger partial charge in [-0.2, -0.15) is 11.8 Å². The molecule has 1 saturated heterocycles. The van der Waals surface area contributed by atoms with Gasteiger partial charge < -0.3 is 15.8 Å². The van der Waals surface area contributed by atoms with Gasteiger partial charge in [-0.3, -0.25) is 4.79 Å². The molecular weight excluding hydrogens is 236 g/mol. The fraction of sp³-hybridized carbons (Fsp3) is 0.917. The van der Waals surface area contributed by atoms with Crippen LogP contribution in [0.1, 0.15) is 33.1 Å². The second kappa shape index (κ2) is 6.61. The smallest absolute Gasteiger partial charge is 0.237 e. The highest BCUT2D eigenvalue weighted by Crippen LogP contribution is 2.27. The fourth-order valence-corrected chi connectivity index (χ4v) is 3.19. The van der Waals surface area contributed by atoms with Crippen molar-refractivity contribution in [3.8, 4) is 0 Å². The molecule has 3 atom stereocenters. The summed E-state index contributed by atoms with van der Waals surface area (Å²) in [5, 5.41) is 3.62. The molecule has 0 spiro atoms. The number of hydrogen-bond acceptors (Lipinski definition) is 4. The molecule has 0 saturated carbocycles. The van der Waals surface area contributed by atoms with E-state index in [9.17, 15) is 4.79 Å². The Hall–Kier alpha value is -0.260. The molecule has 0 bridgehead atoms. The van der Waals surface area contributed by atoms with Crippen molar-refractivity contribution in [2.24, 2.45) is 5.73 Å². The van der Waals surface area contributed by atoms with Crippen LogP contribution in [0.2, 0.25) is 0 Å². The number of thioether (sulfide) groups is 1. The Morgan fingerprint density at radius 1 is 1.65 bits per heavy atom. The monoisotopic (exact) mass is 260 g/mol. The average molecular weight is 260 g/mol. The lowest BCUT2D eigenvalue weighted by Crippen LogP contribution is -2.51. The van der Waals surface area contributed by atoms with E-state index in [0.29, 0.717) is 11.4 Å². The van der Waals surface area contributed by atoms with Crippen LogP contribution in [0.3, 0.4) is 0 Å². The van der Waals surface area contributed by atoms with Crippen LogP contribution in [0, 0.1) is 0 Å². The number of nitrogens with one attached hydrogen (secondary N) is 1. The molecule has 3 N–H and O–H groups in total. The van der Waals surface area contributed by atoms with Gasteiger partial charge in [-0.15, -0.1) is 0 Å². The van der Waals surface area contributed by atoms with E-state index in [1.54, 1.807) is 7.05 Å². The van der Waals surface area contributed by atoms with Crippen LogP contribution in [-0.2, 0) is 9.53 Å². The van der Waals surface area contributed by atoms with E-state index >= 15 is 0 Å². The standard InChI is InChI=1S/C12H24N2O2S/c1-9-10(5-7-16-9)17-8-4-6-12(2,14-3)11(13)15/h9-10,14H,4-8H2,1-3H3,(H2,13,15). The number of carbonyl (C=O) groups is 1. The van der Waals surface area contributed by atoms with Crippen molar-refractivity contribution < 1.29 is 9.53 Å². The zero-order chi connectivity index (χ0) is 12.9. The molecule has 1 rings (SSSR count). The summed E-state index contributed by atoms with van der Waals surface area (Å²) < 4.78 is 5.52. The lowest BCUT2D eigenvalue weighted by atomic mass is 9.96. The SMILES string of the molecule is CNC(C)(CCCSC1CCOC1C)C(N)=O. The summed E-state index contributed by atoms with van der Waals surface area (Å²) in [6.45, 7) is 4.88. The summed E-state index contributed by atoms with van der Waals surface area (Å²) in [6, 6.07) is 0. The van der Waals surface area contributed by atoms with Crippen molar-refractivity contribution >= 4 is 17.7 Å². The zero-order valence-electron chi connectivity index (χ0n) is 11.0. The van der Waals surface area contributed by atoms with Gasteiger partial charge in [-0.1, -0.05) is 0 Å². The third kappa shape index (κ3) is 4.16. The van der Waals surface area contributed by atoms with E-state index in [4.69, 9.17) is 10.5 Å². The molecule has 0 aromatic carbocycles. The van der Waals surface area contributed by atoms with Crippen molar-refractivity contribution in [2.45, 2.75) is 50.0 Å². The summed E-state index contributed by atoms with van der Waals surface area (Å²) in [6.07, 6.45) is 3.29. The molecule has 0 aliphatic carbocycles. The summed E-state index contributed by atoms with van der Waals surface area (Å²) in [5.41, 5.74) is 4.81. The van der Waals surface area contributed by atoms with Crippen LogP contribution in [0.25, 0.3) is 0 Å². The van der Waals surface area contributed by atoms with Gasteiger partial charge in [0, 0.05) is 11.9 Å². The van der Waals surface area contributed by atoms with E-state index in [-0.39, 0.29) is 5.91 Å². The van der Waals surface area contributed by atoms with Crippen molar-refractivity contribution in [3.63, 3.8) is 0 Å². The molecule has 17 heavy (non-hydrogen) atoms. The highest BCUT2D eigenvalue weighted by molar-refractivity contribution is 7.99. The van der Waals surface area contributed by atoms with Crippen LogP contribution in [-0.4, -0.2) is 42.2 Å². The third-order valence-corrected chi connectivity index (χ3v) is 5.13. The van der Waals surface area contributed by atoms with Crippen molar-refractivity contribution in [3.05, 3.63) is 0 Å². The number of primary amides is 1. The normalized spacial score (nSPS) is 27.9. The number of amides is 1. The highest BCUT2D eigenvalue weighted by atomic mass is 32.2. The summed E-state index contributed by atoms with van der Waals surface area (Å²) in [4.78, 5) is 11.3. The minimum absolute atomic E-state index is 0.275. The molecule has 1 fully saturated rings. The average Bonchev–Trinajstić information content (AvgIpc) is 2.70. The van der Waals surface area contributed by atoms with Gasteiger partial charge in [0.25, 0.3) is 0 Å². The number of ether oxygens (including phenoxy) is 1. The van der Waals surface area contributed by atoms with E-state index < -0.39 is 5.54 Å². The molecular formula is C12H24N2O2S. The van der Waals surface area contributed by atoms with E-state index in [2.05, 4.69) is 12.2 Å². The number of carbonyl (C=O) groups excluding carboxylic acids is 1. The minimum atomic E-state index is -0.571. The number of nitrogens with two attached hydrogens (primary N) is 1. The van der Waals surface area contributed by atoms with Gasteiger partial charge in [0.1, 0.15) is 0 Å². The van der Waals surface area contributed by atoms with Gasteiger partial charge in [0.2, 0.25) is 5.91 Å².